The van der Waals surface area contributed by atoms with Gasteiger partial charge in [0.1, 0.15) is 0 Å². The predicted molar refractivity (Wildman–Crippen MR) is 62.4 cm³/mol. The summed E-state index contributed by atoms with van der Waals surface area (Å²) in [6, 6.07) is 7.05. The van der Waals surface area contributed by atoms with E-state index < -0.39 is 0 Å². The molecule has 0 atom stereocenters. The normalized spacial score (nSPS) is 10.7. The summed E-state index contributed by atoms with van der Waals surface area (Å²) in [6.45, 7) is 0. The summed E-state index contributed by atoms with van der Waals surface area (Å²) in [5, 5.41) is 11.4. The number of nitrogen functional groups attached to an aromatic ring is 1. The van der Waals surface area contributed by atoms with Crippen molar-refractivity contribution in [2.24, 2.45) is 0 Å². The lowest BCUT2D eigenvalue weighted by atomic mass is 10.2. The molecule has 2 N–H and O–H groups in total. The van der Waals surface area contributed by atoms with Gasteiger partial charge in [-0.2, -0.15) is 4.98 Å². The lowest BCUT2D eigenvalue weighted by Crippen LogP contribution is -1.89. The van der Waals surface area contributed by atoms with Crippen LogP contribution in [-0.4, -0.2) is 20.5 Å². The highest BCUT2D eigenvalue weighted by Gasteiger charge is 2.17. The molecule has 0 aliphatic heterocycles. The zero-order valence-electron chi connectivity index (χ0n) is 8.87. The number of anilines is 1. The number of rotatable bonds is 2. The van der Waals surface area contributed by atoms with E-state index in [4.69, 9.17) is 21.9 Å². The first-order valence-electron chi connectivity index (χ1n) is 4.92. The van der Waals surface area contributed by atoms with Gasteiger partial charge in [0, 0.05) is 10.6 Å². The summed E-state index contributed by atoms with van der Waals surface area (Å²) in [4.78, 5) is 4.15. The van der Waals surface area contributed by atoms with E-state index in [0.717, 1.165) is 0 Å². The van der Waals surface area contributed by atoms with Gasteiger partial charge in [0.15, 0.2) is 11.5 Å². The second-order valence-electron chi connectivity index (χ2n) is 3.43. The van der Waals surface area contributed by atoms with Crippen LogP contribution in [0.2, 0.25) is 5.02 Å². The molecule has 18 heavy (non-hydrogen) atoms. The molecule has 0 spiro atoms. The molecule has 0 aliphatic carbocycles. The Balaban J connectivity index is 2.02. The molecule has 2 aromatic heterocycles. The third-order valence-corrected chi connectivity index (χ3v) is 2.46. The van der Waals surface area contributed by atoms with Gasteiger partial charge >= 0.3 is 0 Å². The SMILES string of the molecule is Nc1nonc1-c1noc(-c2cccc(Cl)c2)n1. The second-order valence-corrected chi connectivity index (χ2v) is 3.87. The van der Waals surface area contributed by atoms with Gasteiger partial charge in [0.25, 0.3) is 5.89 Å². The van der Waals surface area contributed by atoms with Gasteiger partial charge in [0.05, 0.1) is 0 Å². The zero-order chi connectivity index (χ0) is 12.5. The molecule has 0 fully saturated rings. The first kappa shape index (κ1) is 10.7. The molecule has 90 valence electrons. The van der Waals surface area contributed by atoms with E-state index in [1.54, 1.807) is 24.3 Å². The molecule has 3 aromatic rings. The van der Waals surface area contributed by atoms with Crippen molar-refractivity contribution in [3.8, 4) is 23.0 Å². The van der Waals surface area contributed by atoms with E-state index in [-0.39, 0.29) is 17.3 Å². The highest BCUT2D eigenvalue weighted by Crippen LogP contribution is 2.25. The van der Waals surface area contributed by atoms with Crippen molar-refractivity contribution in [1.29, 1.82) is 0 Å². The van der Waals surface area contributed by atoms with Crippen LogP contribution < -0.4 is 5.73 Å². The topological polar surface area (TPSA) is 104 Å². The van der Waals surface area contributed by atoms with E-state index in [1.165, 1.54) is 0 Å². The van der Waals surface area contributed by atoms with Crippen molar-refractivity contribution >= 4 is 17.4 Å². The average Bonchev–Trinajstić information content (AvgIpc) is 2.97. The fourth-order valence-corrected chi connectivity index (χ4v) is 1.60. The molecular formula is C10H6ClN5O2. The molecule has 0 bridgehead atoms. The van der Waals surface area contributed by atoms with Crippen LogP contribution in [0.25, 0.3) is 23.0 Å². The monoisotopic (exact) mass is 263 g/mol. The van der Waals surface area contributed by atoms with E-state index in [2.05, 4.69) is 25.1 Å². The highest BCUT2D eigenvalue weighted by molar-refractivity contribution is 6.30. The summed E-state index contributed by atoms with van der Waals surface area (Å²) in [5.74, 6) is 0.632. The zero-order valence-corrected chi connectivity index (χ0v) is 9.63. The number of aromatic nitrogens is 4. The van der Waals surface area contributed by atoms with Crippen molar-refractivity contribution < 1.29 is 9.15 Å². The first-order chi connectivity index (χ1) is 8.74. The Morgan fingerprint density at radius 1 is 1.17 bits per heavy atom. The average molecular weight is 264 g/mol. The number of nitrogens with zero attached hydrogens (tertiary/aromatic N) is 4. The largest absolute Gasteiger partial charge is 0.379 e. The van der Waals surface area contributed by atoms with Crippen molar-refractivity contribution in [3.63, 3.8) is 0 Å². The Bertz CT molecular complexity index is 693. The van der Waals surface area contributed by atoms with Crippen molar-refractivity contribution in [2.75, 3.05) is 5.73 Å². The molecule has 0 saturated carbocycles. The van der Waals surface area contributed by atoms with Gasteiger partial charge in [-0.3, -0.25) is 0 Å². The third-order valence-electron chi connectivity index (χ3n) is 2.22. The number of benzene rings is 1. The summed E-state index contributed by atoms with van der Waals surface area (Å²) < 4.78 is 9.57. The predicted octanol–water partition coefficient (Wildman–Crippen LogP) is 2.02. The molecule has 0 amide bonds. The van der Waals surface area contributed by atoms with E-state index in [9.17, 15) is 0 Å². The van der Waals surface area contributed by atoms with E-state index in [1.807, 2.05) is 0 Å². The van der Waals surface area contributed by atoms with E-state index >= 15 is 0 Å². The molecule has 8 heteroatoms. The third kappa shape index (κ3) is 1.80. The molecule has 7 nitrogen and oxygen atoms in total. The van der Waals surface area contributed by atoms with Crippen LogP contribution in [0.15, 0.2) is 33.4 Å². The summed E-state index contributed by atoms with van der Waals surface area (Å²) in [5.41, 5.74) is 6.48. The second kappa shape index (κ2) is 4.11. The van der Waals surface area contributed by atoms with Crippen LogP contribution in [0.5, 0.6) is 0 Å². The minimum Gasteiger partial charge on any atom is -0.379 e. The summed E-state index contributed by atoms with van der Waals surface area (Å²) in [6.07, 6.45) is 0. The molecule has 0 aliphatic rings. The minimum absolute atomic E-state index is 0.105. The Kier molecular flexibility index (Phi) is 2.45. The van der Waals surface area contributed by atoms with Crippen LogP contribution in [0.1, 0.15) is 0 Å². The van der Waals surface area contributed by atoms with Crippen LogP contribution in [0, 0.1) is 0 Å². The van der Waals surface area contributed by atoms with Crippen molar-refractivity contribution in [1.82, 2.24) is 20.5 Å². The smallest absolute Gasteiger partial charge is 0.258 e. The van der Waals surface area contributed by atoms with Gasteiger partial charge in [-0.1, -0.05) is 22.8 Å². The Labute approximate surface area is 106 Å². The lowest BCUT2D eigenvalue weighted by Gasteiger charge is -1.93. The van der Waals surface area contributed by atoms with Gasteiger partial charge in [0.2, 0.25) is 5.82 Å². The van der Waals surface area contributed by atoms with Gasteiger partial charge in [-0.25, -0.2) is 4.63 Å². The lowest BCUT2D eigenvalue weighted by molar-refractivity contribution is 0.310. The molecule has 0 unspecified atom stereocenters. The van der Waals surface area contributed by atoms with Crippen LogP contribution in [0.4, 0.5) is 5.82 Å². The fraction of sp³-hybridized carbons (Fsp3) is 0. The standard InChI is InChI=1S/C10H6ClN5O2/c11-6-3-1-2-5(4-6)10-13-9(16-17-10)7-8(12)15-18-14-7/h1-4H,(H2,12,15). The van der Waals surface area contributed by atoms with Crippen LogP contribution in [-0.2, 0) is 0 Å². The molecule has 0 radical (unpaired) electrons. The first-order valence-corrected chi connectivity index (χ1v) is 5.30. The van der Waals surface area contributed by atoms with Crippen molar-refractivity contribution in [3.05, 3.63) is 29.3 Å². The van der Waals surface area contributed by atoms with Crippen molar-refractivity contribution in [2.45, 2.75) is 0 Å². The minimum atomic E-state index is 0.105. The molecular weight excluding hydrogens is 258 g/mol. The van der Waals surface area contributed by atoms with Crippen LogP contribution >= 0.6 is 11.6 Å². The van der Waals surface area contributed by atoms with Gasteiger partial charge in [-0.15, -0.1) is 0 Å². The number of halogens is 1. The Morgan fingerprint density at radius 3 is 2.78 bits per heavy atom. The summed E-state index contributed by atoms with van der Waals surface area (Å²) >= 11 is 5.88. The number of hydrogen-bond acceptors (Lipinski definition) is 7. The molecule has 0 saturated heterocycles. The fourth-order valence-electron chi connectivity index (χ4n) is 1.41. The van der Waals surface area contributed by atoms with Gasteiger partial charge < -0.3 is 10.3 Å². The maximum Gasteiger partial charge on any atom is 0.258 e. The summed E-state index contributed by atoms with van der Waals surface area (Å²) in [7, 11) is 0. The van der Waals surface area contributed by atoms with Crippen LogP contribution in [0.3, 0.4) is 0 Å². The van der Waals surface area contributed by atoms with Gasteiger partial charge in [-0.05, 0) is 28.5 Å². The molecule has 1 aromatic carbocycles. The molecule has 2 heterocycles. The maximum absolute atomic E-state index is 5.88. The molecule has 3 rings (SSSR count). The Hall–Kier alpha value is -2.41. The number of nitrogens with two attached hydrogens (primary N) is 1. The number of hydrogen-bond donors (Lipinski definition) is 1. The maximum atomic E-state index is 5.88. The Morgan fingerprint density at radius 2 is 2.06 bits per heavy atom. The van der Waals surface area contributed by atoms with E-state index in [0.29, 0.717) is 16.5 Å². The highest BCUT2D eigenvalue weighted by atomic mass is 35.5. The quantitative estimate of drug-likeness (QED) is 0.754.